The third kappa shape index (κ3) is 3.34. The molecule has 1 saturated heterocycles. The van der Waals surface area contributed by atoms with Crippen LogP contribution in [0.4, 0.5) is 0 Å². The molecule has 0 N–H and O–H groups in total. The second-order valence-electron chi connectivity index (χ2n) is 5.47. The average Bonchev–Trinajstić information content (AvgIpc) is 3.11. The quantitative estimate of drug-likeness (QED) is 0.521. The minimum Gasteiger partial charge on any atom is -0.341 e. The van der Waals surface area contributed by atoms with Crippen molar-refractivity contribution in [1.29, 1.82) is 0 Å². The Kier molecular flexibility index (Phi) is 6.50. The van der Waals surface area contributed by atoms with Gasteiger partial charge in [0.25, 0.3) is 0 Å². The molecule has 2 aromatic carbocycles. The zero-order valence-corrected chi connectivity index (χ0v) is 15.6. The molecule has 1 spiro atoms. The summed E-state index contributed by atoms with van der Waals surface area (Å²) in [4.78, 5) is 0. The van der Waals surface area contributed by atoms with Crippen molar-refractivity contribution in [2.75, 3.05) is 13.1 Å². The highest BCUT2D eigenvalue weighted by atomic mass is 16.7. The molecule has 5 rings (SSSR count). The summed E-state index contributed by atoms with van der Waals surface area (Å²) in [5.41, 5.74) is 2.18. The number of para-hydroxylation sites is 2. The maximum Gasteiger partial charge on any atom is 0.704 e. The molecule has 27 heavy (non-hydrogen) atoms. The lowest BCUT2D eigenvalue weighted by Gasteiger charge is -2.26. The third-order valence-electron chi connectivity index (χ3n) is 4.22. The Labute approximate surface area is 161 Å². The van der Waals surface area contributed by atoms with E-state index in [1.165, 1.54) is 0 Å². The number of rotatable bonds is 0. The topological polar surface area (TPSA) is 24.5 Å². The predicted molar refractivity (Wildman–Crippen MR) is 111 cm³/mol. The van der Waals surface area contributed by atoms with Gasteiger partial charge in [-0.05, 0) is 24.3 Å². The first-order valence-corrected chi connectivity index (χ1v) is 8.64. The van der Waals surface area contributed by atoms with Gasteiger partial charge >= 0.3 is 6.03 Å². The fourth-order valence-electron chi connectivity index (χ4n) is 3.19. The number of hydrogen-bond donors (Lipinski definition) is 0. The number of ether oxygens (including phenoxy) is 2. The van der Waals surface area contributed by atoms with E-state index in [1.54, 1.807) is 0 Å². The molecule has 0 unspecified atom stereocenters. The zero-order valence-electron chi connectivity index (χ0n) is 15.6. The first-order valence-electron chi connectivity index (χ1n) is 8.64. The molecule has 0 bridgehead atoms. The van der Waals surface area contributed by atoms with Gasteiger partial charge in [-0.25, -0.2) is 0 Å². The third-order valence-corrected chi connectivity index (χ3v) is 4.22. The Morgan fingerprint density at radius 2 is 1.00 bits per heavy atom. The molecule has 0 radical (unpaired) electrons. The van der Waals surface area contributed by atoms with E-state index in [9.17, 15) is 0 Å². The SMILES string of the molecule is C1=[N+]2CC[N+]3=Cc4ccccc4OC23Oc2ccccc21.C=C.C=C.C=C. The van der Waals surface area contributed by atoms with E-state index in [1.807, 2.05) is 36.4 Å². The molecule has 3 heterocycles. The Balaban J connectivity index is 0.000000400. The summed E-state index contributed by atoms with van der Waals surface area (Å²) >= 11 is 0. The normalized spacial score (nSPS) is 15.9. The highest BCUT2D eigenvalue weighted by Crippen LogP contribution is 2.36. The van der Waals surface area contributed by atoms with Gasteiger partial charge in [0.1, 0.15) is 0 Å². The first-order chi connectivity index (χ1) is 13.4. The predicted octanol–water partition coefficient (Wildman–Crippen LogP) is 4.07. The van der Waals surface area contributed by atoms with Gasteiger partial charge in [0.05, 0.1) is 11.1 Å². The van der Waals surface area contributed by atoms with Crippen molar-refractivity contribution in [3.63, 3.8) is 0 Å². The Hall–Kier alpha value is -3.40. The van der Waals surface area contributed by atoms with Crippen LogP contribution >= 0.6 is 0 Å². The van der Waals surface area contributed by atoms with Crippen LogP contribution in [0.3, 0.4) is 0 Å². The minimum absolute atomic E-state index is 0.855. The van der Waals surface area contributed by atoms with E-state index in [2.05, 4.69) is 73.2 Å². The van der Waals surface area contributed by atoms with E-state index in [0.29, 0.717) is 0 Å². The molecule has 4 nitrogen and oxygen atoms in total. The van der Waals surface area contributed by atoms with Crippen molar-refractivity contribution in [2.45, 2.75) is 6.03 Å². The van der Waals surface area contributed by atoms with E-state index in [4.69, 9.17) is 9.47 Å². The summed E-state index contributed by atoms with van der Waals surface area (Å²) in [7, 11) is 0. The Bertz CT molecular complexity index is 796. The molecular formula is C23H26N2O2+2. The summed E-state index contributed by atoms with van der Waals surface area (Å²) in [5, 5.41) is 0. The largest absolute Gasteiger partial charge is 0.704 e. The van der Waals surface area contributed by atoms with Gasteiger partial charge < -0.3 is 9.47 Å². The first kappa shape index (κ1) is 19.9. The molecule has 0 aliphatic carbocycles. The van der Waals surface area contributed by atoms with Gasteiger partial charge in [0.15, 0.2) is 23.9 Å². The summed E-state index contributed by atoms with van der Waals surface area (Å²) in [6.45, 7) is 19.7. The van der Waals surface area contributed by atoms with E-state index in [0.717, 1.165) is 35.7 Å². The van der Waals surface area contributed by atoms with Crippen LogP contribution in [-0.4, -0.2) is 40.7 Å². The van der Waals surface area contributed by atoms with Gasteiger partial charge in [0.2, 0.25) is 13.1 Å². The molecule has 1 fully saturated rings. The average molecular weight is 362 g/mol. The number of fused-ring (bicyclic) bond motifs is 2. The van der Waals surface area contributed by atoms with Crippen LogP contribution in [-0.2, 0) is 0 Å². The molecule has 3 aliphatic heterocycles. The zero-order chi connectivity index (χ0) is 19.9. The summed E-state index contributed by atoms with van der Waals surface area (Å²) in [5.74, 6) is 1.71. The van der Waals surface area contributed by atoms with Gasteiger partial charge in [-0.1, -0.05) is 33.4 Å². The van der Waals surface area contributed by atoms with Crippen LogP contribution < -0.4 is 9.47 Å². The van der Waals surface area contributed by atoms with E-state index < -0.39 is 6.03 Å². The second-order valence-corrected chi connectivity index (χ2v) is 5.47. The van der Waals surface area contributed by atoms with Crippen LogP contribution in [0, 0.1) is 0 Å². The lowest BCUT2D eigenvalue weighted by atomic mass is 10.2. The van der Waals surface area contributed by atoms with Gasteiger partial charge in [-0.2, -0.15) is 0 Å². The van der Waals surface area contributed by atoms with Crippen molar-refractivity contribution in [1.82, 2.24) is 0 Å². The van der Waals surface area contributed by atoms with Crippen LogP contribution in [0.2, 0.25) is 0 Å². The molecule has 0 aromatic heterocycles. The summed E-state index contributed by atoms with van der Waals surface area (Å²) in [6.07, 6.45) is 4.25. The van der Waals surface area contributed by atoms with Gasteiger partial charge in [-0.15, -0.1) is 39.5 Å². The molecule has 0 atom stereocenters. The standard InChI is InChI=1S/C17H14N2O2.3C2H4/c1-3-7-15-13(5-1)11-18-9-10-19-12-14-6-2-4-8-16(14)21-17(18,19)20-15;3*1-2/h1-8,11-12H,9-10H2;3*1-2H2/q+2;;;. The molecule has 0 amide bonds. The van der Waals surface area contributed by atoms with E-state index >= 15 is 0 Å². The molecular weight excluding hydrogens is 336 g/mol. The van der Waals surface area contributed by atoms with Crippen LogP contribution in [0.25, 0.3) is 0 Å². The molecule has 0 saturated carbocycles. The van der Waals surface area contributed by atoms with Crippen molar-refractivity contribution in [3.8, 4) is 11.5 Å². The lowest BCUT2D eigenvalue weighted by Crippen LogP contribution is -2.59. The van der Waals surface area contributed by atoms with Gasteiger partial charge in [0, 0.05) is 0 Å². The smallest absolute Gasteiger partial charge is 0.341 e. The van der Waals surface area contributed by atoms with Crippen LogP contribution in [0.15, 0.2) is 88.0 Å². The van der Waals surface area contributed by atoms with Gasteiger partial charge in [-0.3, -0.25) is 0 Å². The molecule has 4 heteroatoms. The maximum atomic E-state index is 6.27. The Morgan fingerprint density at radius 1 is 0.630 bits per heavy atom. The van der Waals surface area contributed by atoms with Crippen LogP contribution in [0.5, 0.6) is 11.5 Å². The number of nitrogens with zero attached hydrogens (tertiary/aromatic N) is 2. The lowest BCUT2D eigenvalue weighted by molar-refractivity contribution is -0.855. The fourth-order valence-corrected chi connectivity index (χ4v) is 3.19. The Morgan fingerprint density at radius 3 is 1.41 bits per heavy atom. The van der Waals surface area contributed by atoms with Crippen LogP contribution in [0.1, 0.15) is 11.1 Å². The molecule has 2 aromatic rings. The van der Waals surface area contributed by atoms with Crippen molar-refractivity contribution in [3.05, 3.63) is 99.1 Å². The number of benzene rings is 2. The van der Waals surface area contributed by atoms with Crippen molar-refractivity contribution < 1.29 is 18.6 Å². The fraction of sp³-hybridized carbons (Fsp3) is 0.130. The van der Waals surface area contributed by atoms with Crippen molar-refractivity contribution >= 4 is 12.4 Å². The monoisotopic (exact) mass is 362 g/mol. The molecule has 3 aliphatic rings. The summed E-state index contributed by atoms with van der Waals surface area (Å²) in [6, 6.07) is 15.2. The maximum absolute atomic E-state index is 6.27. The van der Waals surface area contributed by atoms with Crippen molar-refractivity contribution in [2.24, 2.45) is 0 Å². The minimum atomic E-state index is -0.872. The number of hydrogen-bond acceptors (Lipinski definition) is 2. The highest BCUT2D eigenvalue weighted by Gasteiger charge is 2.68. The highest BCUT2D eigenvalue weighted by molar-refractivity contribution is 5.82. The molecule has 138 valence electrons. The van der Waals surface area contributed by atoms with E-state index in [-0.39, 0.29) is 0 Å². The summed E-state index contributed by atoms with van der Waals surface area (Å²) < 4.78 is 16.8. The second kappa shape index (κ2) is 8.81.